The van der Waals surface area contributed by atoms with Gasteiger partial charge in [0.05, 0.1) is 22.4 Å². The molecule has 0 fully saturated rings. The van der Waals surface area contributed by atoms with E-state index in [0.29, 0.717) is 0 Å². The Kier molecular flexibility index (Phi) is 5.29. The Morgan fingerprint density at radius 2 is 1.23 bits per heavy atom. The third-order valence-electron chi connectivity index (χ3n) is 8.90. The summed E-state index contributed by atoms with van der Waals surface area (Å²) in [6.07, 6.45) is 3.81. The second kappa shape index (κ2) is 9.38. The van der Waals surface area contributed by atoms with Crippen LogP contribution in [0.3, 0.4) is 0 Å². The molecule has 0 saturated carbocycles. The minimum absolute atomic E-state index is 0.912. The van der Waals surface area contributed by atoms with Gasteiger partial charge in [0, 0.05) is 34.1 Å². The molecule has 0 spiro atoms. The van der Waals surface area contributed by atoms with Crippen molar-refractivity contribution in [3.05, 3.63) is 145 Å². The van der Waals surface area contributed by atoms with E-state index in [0.717, 1.165) is 34.0 Å². The normalized spacial score (nSPS) is 12.3. The number of hydrogen-bond donors (Lipinski definition) is 0. The van der Waals surface area contributed by atoms with Crippen LogP contribution < -0.4 is 4.90 Å². The second-order valence-corrected chi connectivity index (χ2v) is 11.7. The Balaban J connectivity index is 1.43. The number of aromatic nitrogens is 3. The minimum Gasteiger partial charge on any atom is -0.294 e. The fraction of sp³-hybridized carbons (Fsp3) is 0.0500. The highest BCUT2D eigenvalue weighted by molar-refractivity contribution is 6.19. The van der Waals surface area contributed by atoms with Gasteiger partial charge in [0.15, 0.2) is 0 Å². The highest BCUT2D eigenvalue weighted by Crippen LogP contribution is 2.52. The molecule has 8 aromatic rings. The first-order chi connectivity index (χ1) is 21.6. The highest BCUT2D eigenvalue weighted by atomic mass is 15.2. The number of aryl methyl sites for hydroxylation is 2. The van der Waals surface area contributed by atoms with Gasteiger partial charge in [-0.15, -0.1) is 0 Å². The van der Waals surface area contributed by atoms with Crippen molar-refractivity contribution in [3.8, 4) is 28.1 Å². The summed E-state index contributed by atoms with van der Waals surface area (Å²) in [5, 5.41) is 4.88. The van der Waals surface area contributed by atoms with Crippen molar-refractivity contribution in [2.45, 2.75) is 13.8 Å². The summed E-state index contributed by atoms with van der Waals surface area (Å²) in [4.78, 5) is 12.1. The predicted octanol–water partition coefficient (Wildman–Crippen LogP) is 10.5. The van der Waals surface area contributed by atoms with E-state index in [4.69, 9.17) is 9.97 Å². The van der Waals surface area contributed by atoms with Crippen molar-refractivity contribution in [1.29, 1.82) is 0 Å². The molecule has 4 heteroatoms. The molecule has 4 nitrogen and oxygen atoms in total. The summed E-state index contributed by atoms with van der Waals surface area (Å²) in [5.41, 5.74) is 11.7. The van der Waals surface area contributed by atoms with Crippen LogP contribution in [0.1, 0.15) is 11.1 Å². The number of hydrogen-bond acceptors (Lipinski definition) is 3. The fourth-order valence-electron chi connectivity index (χ4n) is 6.91. The lowest BCUT2D eigenvalue weighted by molar-refractivity contribution is 1.07. The molecule has 1 aliphatic rings. The van der Waals surface area contributed by atoms with Crippen LogP contribution in [0.4, 0.5) is 17.2 Å². The van der Waals surface area contributed by atoms with E-state index in [2.05, 4.69) is 145 Å². The number of fused-ring (bicyclic) bond motifs is 5. The molecule has 0 atom stereocenters. The van der Waals surface area contributed by atoms with Crippen LogP contribution in [0.25, 0.3) is 60.6 Å². The van der Waals surface area contributed by atoms with Crippen molar-refractivity contribution in [2.75, 3.05) is 4.90 Å². The Morgan fingerprint density at radius 1 is 0.500 bits per heavy atom. The van der Waals surface area contributed by atoms with Crippen molar-refractivity contribution >= 4 is 49.8 Å². The lowest BCUT2D eigenvalue weighted by atomic mass is 9.90. The number of anilines is 3. The number of nitrogens with zero attached hydrogens (tertiary/aromatic N) is 4. The number of pyridine rings is 2. The summed E-state index contributed by atoms with van der Waals surface area (Å²) in [7, 11) is 0. The molecular formula is C40H28N4. The van der Waals surface area contributed by atoms with Gasteiger partial charge < -0.3 is 0 Å². The van der Waals surface area contributed by atoms with Gasteiger partial charge in [-0.3, -0.25) is 9.47 Å². The van der Waals surface area contributed by atoms with Gasteiger partial charge in [-0.05, 0) is 102 Å². The zero-order valence-corrected chi connectivity index (χ0v) is 24.5. The molecular weight excluding hydrogens is 536 g/mol. The maximum absolute atomic E-state index is 4.89. The molecule has 0 radical (unpaired) electrons. The molecule has 1 aliphatic heterocycles. The first-order valence-electron chi connectivity index (χ1n) is 15.0. The SMILES string of the molecule is Cc1ccnc(N2c3cc4c(cc3-c3cccc5cccc2c35)c2cc(-c3ccccc3)ccc2n4-c2cc(C)ccn2)c1. The third kappa shape index (κ3) is 3.64. The summed E-state index contributed by atoms with van der Waals surface area (Å²) in [6.45, 7) is 4.25. The van der Waals surface area contributed by atoms with E-state index in [9.17, 15) is 0 Å². The Morgan fingerprint density at radius 3 is 2.02 bits per heavy atom. The van der Waals surface area contributed by atoms with Crippen LogP contribution in [0, 0.1) is 13.8 Å². The molecule has 0 amide bonds. The topological polar surface area (TPSA) is 34.0 Å². The summed E-state index contributed by atoms with van der Waals surface area (Å²) >= 11 is 0. The van der Waals surface area contributed by atoms with E-state index in [1.807, 2.05) is 12.4 Å². The molecule has 0 aliphatic carbocycles. The summed E-state index contributed by atoms with van der Waals surface area (Å²) in [6, 6.07) is 43.8. The van der Waals surface area contributed by atoms with Crippen LogP contribution in [0.5, 0.6) is 0 Å². The van der Waals surface area contributed by atoms with E-state index in [1.54, 1.807) is 0 Å². The van der Waals surface area contributed by atoms with Crippen LogP contribution in [0.2, 0.25) is 0 Å². The average molecular weight is 565 g/mol. The Labute approximate surface area is 255 Å². The Bertz CT molecular complexity index is 2410. The van der Waals surface area contributed by atoms with Crippen LogP contribution in [-0.4, -0.2) is 14.5 Å². The second-order valence-electron chi connectivity index (χ2n) is 11.7. The lowest BCUT2D eigenvalue weighted by Crippen LogP contribution is -2.16. The fourth-order valence-corrected chi connectivity index (χ4v) is 6.91. The largest absolute Gasteiger partial charge is 0.294 e. The van der Waals surface area contributed by atoms with E-state index in [-0.39, 0.29) is 0 Å². The van der Waals surface area contributed by atoms with Crippen molar-refractivity contribution in [2.24, 2.45) is 0 Å². The van der Waals surface area contributed by atoms with E-state index in [1.165, 1.54) is 54.9 Å². The van der Waals surface area contributed by atoms with Crippen LogP contribution >= 0.6 is 0 Å². The van der Waals surface area contributed by atoms with Gasteiger partial charge in [0.2, 0.25) is 0 Å². The molecule has 4 heterocycles. The highest BCUT2D eigenvalue weighted by Gasteiger charge is 2.29. The molecule has 44 heavy (non-hydrogen) atoms. The lowest BCUT2D eigenvalue weighted by Gasteiger charge is -2.33. The monoisotopic (exact) mass is 564 g/mol. The molecule has 0 unspecified atom stereocenters. The molecule has 208 valence electrons. The maximum atomic E-state index is 4.89. The van der Waals surface area contributed by atoms with Gasteiger partial charge in [-0.25, -0.2) is 9.97 Å². The van der Waals surface area contributed by atoms with E-state index < -0.39 is 0 Å². The summed E-state index contributed by atoms with van der Waals surface area (Å²) in [5.74, 6) is 1.83. The van der Waals surface area contributed by atoms with Gasteiger partial charge >= 0.3 is 0 Å². The maximum Gasteiger partial charge on any atom is 0.137 e. The van der Waals surface area contributed by atoms with Crippen molar-refractivity contribution in [3.63, 3.8) is 0 Å². The molecule has 9 rings (SSSR count). The zero-order chi connectivity index (χ0) is 29.4. The van der Waals surface area contributed by atoms with Crippen LogP contribution in [0.15, 0.2) is 134 Å². The minimum atomic E-state index is 0.912. The van der Waals surface area contributed by atoms with Crippen LogP contribution in [-0.2, 0) is 0 Å². The zero-order valence-electron chi connectivity index (χ0n) is 24.5. The average Bonchev–Trinajstić information content (AvgIpc) is 3.37. The Hall–Kier alpha value is -5.74. The summed E-state index contributed by atoms with van der Waals surface area (Å²) < 4.78 is 2.32. The van der Waals surface area contributed by atoms with Crippen molar-refractivity contribution < 1.29 is 0 Å². The van der Waals surface area contributed by atoms with Gasteiger partial charge in [0.1, 0.15) is 11.6 Å². The third-order valence-corrected chi connectivity index (χ3v) is 8.90. The molecule has 0 saturated heterocycles. The molecule has 0 bridgehead atoms. The van der Waals surface area contributed by atoms with Gasteiger partial charge in [-0.2, -0.15) is 0 Å². The van der Waals surface area contributed by atoms with Crippen molar-refractivity contribution in [1.82, 2.24) is 14.5 Å². The molecule has 3 aromatic heterocycles. The molecule has 0 N–H and O–H groups in total. The standard InChI is InChI=1S/C40H28N4/c1-25-16-18-41-38(20-25)43-34-15-14-29(27-8-4-3-5-9-27)22-31(34)33-23-32-30-12-6-10-28-11-7-13-35(40(28)30)44(36(32)24-37(33)43)39-21-26(2)17-19-42-39/h3-24H,1-2H3. The van der Waals surface area contributed by atoms with E-state index >= 15 is 0 Å². The smallest absolute Gasteiger partial charge is 0.137 e. The molecule has 5 aromatic carbocycles. The van der Waals surface area contributed by atoms with Gasteiger partial charge in [-0.1, -0.05) is 66.7 Å². The first kappa shape index (κ1) is 24.8. The number of rotatable bonds is 3. The quantitative estimate of drug-likeness (QED) is 0.214. The van der Waals surface area contributed by atoms with Gasteiger partial charge in [0.25, 0.3) is 0 Å². The predicted molar refractivity (Wildman–Crippen MR) is 182 cm³/mol. The number of benzene rings is 5. The first-order valence-corrected chi connectivity index (χ1v) is 15.0.